The number of nitrogens with one attached hydrogen (secondary N) is 1. The molecule has 3 aromatic rings. The van der Waals surface area contributed by atoms with Crippen LogP contribution in [0.15, 0.2) is 24.4 Å². The second kappa shape index (κ2) is 12.0. The van der Waals surface area contributed by atoms with Crippen molar-refractivity contribution in [3.8, 4) is 6.07 Å². The van der Waals surface area contributed by atoms with Gasteiger partial charge >= 0.3 is 6.09 Å². The molecule has 0 saturated carbocycles. The number of benzene rings is 1. The summed E-state index contributed by atoms with van der Waals surface area (Å²) >= 11 is 0. The molecule has 1 amide bonds. The van der Waals surface area contributed by atoms with E-state index < -0.39 is 11.7 Å². The molecule has 7 rings (SSSR count). The lowest BCUT2D eigenvalue weighted by Crippen LogP contribution is -2.55. The molecule has 1 unspecified atom stereocenters. The van der Waals surface area contributed by atoms with Crippen LogP contribution in [0.4, 0.5) is 22.1 Å². The van der Waals surface area contributed by atoms with Crippen molar-refractivity contribution in [3.63, 3.8) is 0 Å². The Hall–Kier alpha value is -3.95. The summed E-state index contributed by atoms with van der Waals surface area (Å²) in [5.41, 5.74) is 3.50. The molecular formula is C34H44N8O4. The van der Waals surface area contributed by atoms with Crippen LogP contribution in [0.5, 0.6) is 0 Å². The van der Waals surface area contributed by atoms with Crippen LogP contribution in [0.3, 0.4) is 0 Å². The molecule has 12 nitrogen and oxygen atoms in total. The van der Waals surface area contributed by atoms with Gasteiger partial charge < -0.3 is 29.3 Å². The Balaban J connectivity index is 1.17. The van der Waals surface area contributed by atoms with Crippen LogP contribution < -0.4 is 15.1 Å². The minimum atomic E-state index is -0.563. The lowest BCUT2D eigenvalue weighted by molar-refractivity contribution is -0.0368. The van der Waals surface area contributed by atoms with E-state index in [2.05, 4.69) is 27.3 Å². The SMILES string of the molecule is C[C@@H]1OCC2(CCN(c3cnc4c(N5CCCc6c(C#N)cccc65)nn(C5CCCCO5)c4n3)CC2)[C@@H]1NC(=O)OC(C)(C)C. The maximum atomic E-state index is 12.7. The highest BCUT2D eigenvalue weighted by Gasteiger charge is 2.50. The predicted molar refractivity (Wildman–Crippen MR) is 173 cm³/mol. The van der Waals surface area contributed by atoms with Crippen molar-refractivity contribution in [3.05, 3.63) is 35.5 Å². The summed E-state index contributed by atoms with van der Waals surface area (Å²) in [5, 5.41) is 18.0. The Bertz CT molecular complexity index is 1640. The van der Waals surface area contributed by atoms with Crippen molar-refractivity contribution in [2.24, 2.45) is 5.41 Å². The summed E-state index contributed by atoms with van der Waals surface area (Å²) in [6.45, 7) is 11.3. The van der Waals surface area contributed by atoms with Crippen LogP contribution in [0.2, 0.25) is 0 Å². The summed E-state index contributed by atoms with van der Waals surface area (Å²) in [7, 11) is 0. The van der Waals surface area contributed by atoms with Crippen molar-refractivity contribution in [2.75, 3.05) is 42.6 Å². The van der Waals surface area contributed by atoms with Crippen molar-refractivity contribution < 1.29 is 19.0 Å². The Morgan fingerprint density at radius 3 is 2.72 bits per heavy atom. The molecule has 3 fully saturated rings. The molecule has 3 atom stereocenters. The number of ether oxygens (including phenoxy) is 3. The first-order chi connectivity index (χ1) is 22.2. The molecule has 2 aromatic heterocycles. The zero-order valence-electron chi connectivity index (χ0n) is 27.3. The van der Waals surface area contributed by atoms with Gasteiger partial charge in [-0.15, -0.1) is 5.10 Å². The van der Waals surface area contributed by atoms with Crippen molar-refractivity contribution in [1.29, 1.82) is 5.26 Å². The number of hydrogen-bond acceptors (Lipinski definition) is 10. The van der Waals surface area contributed by atoms with Gasteiger partial charge in [-0.2, -0.15) is 5.26 Å². The Kier molecular flexibility index (Phi) is 8.01. The minimum absolute atomic E-state index is 0.0948. The van der Waals surface area contributed by atoms with Gasteiger partial charge in [0.05, 0.1) is 36.6 Å². The number of fused-ring (bicyclic) bond motifs is 2. The standard InChI is InChI=1S/C34H44N8O4/c1-22-29(38-32(43)46-33(2,3)4)34(21-45-22)13-16-40(17-14-34)26-20-36-28-30(37-26)42(27-12-5-6-18-44-27)39-31(28)41-15-8-10-24-23(19-35)9-7-11-25(24)41/h7,9,11,20,22,27,29H,5-6,8,10,12-18,21H2,1-4H3,(H,38,43)/t22-,27?,29+/m0/s1. The number of carbonyl (C=O) groups excluding carboxylic acids is 1. The number of rotatable bonds is 4. The fourth-order valence-corrected chi connectivity index (χ4v) is 7.61. The van der Waals surface area contributed by atoms with Gasteiger partial charge in [0.25, 0.3) is 0 Å². The van der Waals surface area contributed by atoms with E-state index in [0.717, 1.165) is 93.0 Å². The number of amides is 1. The largest absolute Gasteiger partial charge is 0.444 e. The third kappa shape index (κ3) is 5.64. The average molecular weight is 629 g/mol. The summed E-state index contributed by atoms with van der Waals surface area (Å²) in [6, 6.07) is 8.14. The van der Waals surface area contributed by atoms with Crippen LogP contribution in [0, 0.1) is 16.7 Å². The van der Waals surface area contributed by atoms with E-state index >= 15 is 0 Å². The van der Waals surface area contributed by atoms with Gasteiger partial charge in [0.15, 0.2) is 23.2 Å². The van der Waals surface area contributed by atoms with Gasteiger partial charge in [-0.25, -0.2) is 19.4 Å². The van der Waals surface area contributed by atoms with Crippen molar-refractivity contribution in [1.82, 2.24) is 25.1 Å². The number of piperidine rings is 1. The molecule has 1 N–H and O–H groups in total. The highest BCUT2D eigenvalue weighted by atomic mass is 16.6. The number of hydrogen-bond donors (Lipinski definition) is 1. The molecule has 4 aliphatic heterocycles. The topological polar surface area (TPSA) is 131 Å². The number of carbonyl (C=O) groups is 1. The summed E-state index contributed by atoms with van der Waals surface area (Å²) < 4.78 is 19.8. The lowest BCUT2D eigenvalue weighted by atomic mass is 9.73. The Morgan fingerprint density at radius 2 is 1.98 bits per heavy atom. The first-order valence-electron chi connectivity index (χ1n) is 16.7. The molecule has 6 heterocycles. The first-order valence-corrected chi connectivity index (χ1v) is 16.7. The highest BCUT2D eigenvalue weighted by molar-refractivity contribution is 5.88. The first kappa shape index (κ1) is 30.7. The fourth-order valence-electron chi connectivity index (χ4n) is 7.61. The van der Waals surface area contributed by atoms with Gasteiger partial charge in [0, 0.05) is 37.3 Å². The molecule has 0 aliphatic carbocycles. The number of anilines is 3. The number of nitriles is 1. The van der Waals surface area contributed by atoms with Crippen LogP contribution >= 0.6 is 0 Å². The maximum absolute atomic E-state index is 12.7. The molecule has 244 valence electrons. The van der Waals surface area contributed by atoms with Gasteiger partial charge in [-0.05, 0) is 90.3 Å². The van der Waals surface area contributed by atoms with E-state index in [1.807, 2.05) is 50.7 Å². The monoisotopic (exact) mass is 628 g/mol. The Morgan fingerprint density at radius 1 is 1.15 bits per heavy atom. The number of aromatic nitrogens is 4. The van der Waals surface area contributed by atoms with Crippen LogP contribution in [0.25, 0.3) is 11.2 Å². The van der Waals surface area contributed by atoms with Crippen molar-refractivity contribution >= 4 is 34.6 Å². The van der Waals surface area contributed by atoms with E-state index in [0.29, 0.717) is 24.4 Å². The lowest BCUT2D eigenvalue weighted by Gasteiger charge is -2.42. The summed E-state index contributed by atoms with van der Waals surface area (Å²) in [6.07, 6.45) is 7.62. The molecule has 1 spiro atoms. The predicted octanol–water partition coefficient (Wildman–Crippen LogP) is 5.38. The molecular weight excluding hydrogens is 584 g/mol. The van der Waals surface area contributed by atoms with Crippen LogP contribution in [-0.4, -0.2) is 76.4 Å². The summed E-state index contributed by atoms with van der Waals surface area (Å²) in [4.78, 5) is 27.4. The maximum Gasteiger partial charge on any atom is 0.407 e. The van der Waals surface area contributed by atoms with Gasteiger partial charge in [-0.1, -0.05) is 6.07 Å². The molecule has 46 heavy (non-hydrogen) atoms. The zero-order valence-corrected chi connectivity index (χ0v) is 27.3. The molecule has 12 heteroatoms. The highest BCUT2D eigenvalue weighted by Crippen LogP contribution is 2.44. The fraction of sp³-hybridized carbons (Fsp3) is 0.618. The second-order valence-electron chi connectivity index (χ2n) is 14.1. The third-order valence-electron chi connectivity index (χ3n) is 9.95. The summed E-state index contributed by atoms with van der Waals surface area (Å²) in [5.74, 6) is 1.56. The van der Waals surface area contributed by atoms with E-state index in [1.54, 1.807) is 0 Å². The molecule has 0 radical (unpaired) electrons. The van der Waals surface area contributed by atoms with Crippen molar-refractivity contribution in [2.45, 2.75) is 96.6 Å². The van der Waals surface area contributed by atoms with Gasteiger partial charge in [-0.3, -0.25) is 0 Å². The molecule has 4 aliphatic rings. The van der Waals surface area contributed by atoms with Gasteiger partial charge in [0.1, 0.15) is 11.4 Å². The zero-order chi connectivity index (χ0) is 32.1. The third-order valence-corrected chi connectivity index (χ3v) is 9.95. The van der Waals surface area contributed by atoms with Crippen LogP contribution in [0.1, 0.15) is 83.6 Å². The normalized spacial score (nSPS) is 24.5. The van der Waals surface area contributed by atoms with Gasteiger partial charge in [0.2, 0.25) is 0 Å². The van der Waals surface area contributed by atoms with E-state index in [9.17, 15) is 10.1 Å². The smallest absolute Gasteiger partial charge is 0.407 e. The average Bonchev–Trinajstić information content (AvgIpc) is 3.57. The second-order valence-corrected chi connectivity index (χ2v) is 14.1. The number of alkyl carbamates (subject to hydrolysis) is 1. The minimum Gasteiger partial charge on any atom is -0.444 e. The molecule has 3 saturated heterocycles. The van der Waals surface area contributed by atoms with E-state index in [1.165, 1.54) is 0 Å². The van der Waals surface area contributed by atoms with E-state index in [4.69, 9.17) is 29.3 Å². The number of nitrogens with zero attached hydrogens (tertiary/aromatic N) is 7. The quantitative estimate of drug-likeness (QED) is 0.402. The van der Waals surface area contributed by atoms with E-state index in [-0.39, 0.29) is 23.8 Å². The Labute approximate surface area is 270 Å². The molecule has 1 aromatic carbocycles. The van der Waals surface area contributed by atoms with Crippen LogP contribution in [-0.2, 0) is 20.6 Å². The molecule has 0 bridgehead atoms.